The molecule has 2 aromatic rings. The van der Waals surface area contributed by atoms with E-state index >= 15 is 0 Å². The lowest BCUT2D eigenvalue weighted by atomic mass is 9.99. The Labute approximate surface area is 128 Å². The van der Waals surface area contributed by atoms with Crippen LogP contribution in [0.3, 0.4) is 0 Å². The SMILES string of the molecule is COC(=O)c1ccc(CN2CCc3c(F)cccc3C2)nc1. The van der Waals surface area contributed by atoms with Crippen LogP contribution in [0, 0.1) is 5.82 Å². The minimum atomic E-state index is -0.388. The van der Waals surface area contributed by atoms with Gasteiger partial charge in [-0.2, -0.15) is 0 Å². The van der Waals surface area contributed by atoms with Gasteiger partial charge in [-0.15, -0.1) is 0 Å². The van der Waals surface area contributed by atoms with Crippen molar-refractivity contribution >= 4 is 5.97 Å². The zero-order chi connectivity index (χ0) is 15.5. The molecule has 1 aromatic heterocycles. The largest absolute Gasteiger partial charge is 0.465 e. The number of nitrogens with zero attached hydrogens (tertiary/aromatic N) is 2. The number of benzene rings is 1. The van der Waals surface area contributed by atoms with Crippen LogP contribution in [0.1, 0.15) is 27.2 Å². The van der Waals surface area contributed by atoms with Crippen molar-refractivity contribution in [2.24, 2.45) is 0 Å². The molecule has 0 N–H and O–H groups in total. The highest BCUT2D eigenvalue weighted by atomic mass is 19.1. The van der Waals surface area contributed by atoms with Crippen molar-refractivity contribution in [1.82, 2.24) is 9.88 Å². The molecule has 1 aromatic carbocycles. The third-order valence-corrected chi connectivity index (χ3v) is 3.92. The molecule has 22 heavy (non-hydrogen) atoms. The second-order valence-corrected chi connectivity index (χ2v) is 5.37. The predicted molar refractivity (Wildman–Crippen MR) is 79.8 cm³/mol. The molecule has 0 spiro atoms. The first-order chi connectivity index (χ1) is 10.7. The molecule has 0 saturated carbocycles. The Balaban J connectivity index is 1.68. The number of esters is 1. The number of fused-ring (bicyclic) bond motifs is 1. The van der Waals surface area contributed by atoms with E-state index in [1.54, 1.807) is 12.1 Å². The van der Waals surface area contributed by atoms with Crippen LogP contribution >= 0.6 is 0 Å². The molecule has 2 heterocycles. The number of aromatic nitrogens is 1. The summed E-state index contributed by atoms with van der Waals surface area (Å²) in [5.74, 6) is -0.501. The molecule has 0 bridgehead atoms. The number of methoxy groups -OCH3 is 1. The number of ether oxygens (including phenoxy) is 1. The van der Waals surface area contributed by atoms with Crippen LogP contribution in [0.4, 0.5) is 4.39 Å². The summed E-state index contributed by atoms with van der Waals surface area (Å²) in [6.07, 6.45) is 2.24. The Hall–Kier alpha value is -2.27. The van der Waals surface area contributed by atoms with Gasteiger partial charge in [-0.3, -0.25) is 9.88 Å². The van der Waals surface area contributed by atoms with E-state index in [2.05, 4.69) is 14.6 Å². The van der Waals surface area contributed by atoms with E-state index < -0.39 is 0 Å². The lowest BCUT2D eigenvalue weighted by molar-refractivity contribution is 0.0600. The maximum Gasteiger partial charge on any atom is 0.339 e. The fourth-order valence-corrected chi connectivity index (χ4v) is 2.74. The van der Waals surface area contributed by atoms with Gasteiger partial charge in [-0.1, -0.05) is 12.1 Å². The van der Waals surface area contributed by atoms with Crippen molar-refractivity contribution in [1.29, 1.82) is 0 Å². The summed E-state index contributed by atoms with van der Waals surface area (Å²) >= 11 is 0. The summed E-state index contributed by atoms with van der Waals surface area (Å²) in [5, 5.41) is 0. The molecule has 5 heteroatoms. The zero-order valence-electron chi connectivity index (χ0n) is 12.4. The number of hydrogen-bond donors (Lipinski definition) is 0. The van der Waals surface area contributed by atoms with Crippen LogP contribution < -0.4 is 0 Å². The highest BCUT2D eigenvalue weighted by molar-refractivity contribution is 5.88. The molecular formula is C17H17FN2O2. The Morgan fingerprint density at radius 2 is 2.23 bits per heavy atom. The van der Waals surface area contributed by atoms with E-state index in [9.17, 15) is 9.18 Å². The van der Waals surface area contributed by atoms with E-state index in [1.165, 1.54) is 19.4 Å². The summed E-state index contributed by atoms with van der Waals surface area (Å²) in [6, 6.07) is 8.78. The quantitative estimate of drug-likeness (QED) is 0.817. The number of rotatable bonds is 3. The minimum Gasteiger partial charge on any atom is -0.465 e. The maximum absolute atomic E-state index is 13.7. The van der Waals surface area contributed by atoms with E-state index in [4.69, 9.17) is 0 Å². The van der Waals surface area contributed by atoms with Crippen molar-refractivity contribution < 1.29 is 13.9 Å². The van der Waals surface area contributed by atoms with Gasteiger partial charge in [-0.25, -0.2) is 9.18 Å². The second-order valence-electron chi connectivity index (χ2n) is 5.37. The molecule has 0 amide bonds. The first kappa shape index (κ1) is 14.7. The smallest absolute Gasteiger partial charge is 0.339 e. The van der Waals surface area contributed by atoms with Crippen LogP contribution in [0.15, 0.2) is 36.5 Å². The first-order valence-corrected chi connectivity index (χ1v) is 7.19. The maximum atomic E-state index is 13.7. The Morgan fingerprint density at radius 1 is 1.36 bits per heavy atom. The highest BCUT2D eigenvalue weighted by Crippen LogP contribution is 2.22. The zero-order valence-corrected chi connectivity index (χ0v) is 12.4. The van der Waals surface area contributed by atoms with E-state index in [0.717, 1.165) is 23.4 Å². The van der Waals surface area contributed by atoms with Gasteiger partial charge in [0.25, 0.3) is 0 Å². The van der Waals surface area contributed by atoms with Crippen molar-refractivity contribution in [2.75, 3.05) is 13.7 Å². The topological polar surface area (TPSA) is 42.4 Å². The summed E-state index contributed by atoms with van der Waals surface area (Å²) < 4.78 is 18.4. The fraction of sp³-hybridized carbons (Fsp3) is 0.294. The first-order valence-electron chi connectivity index (χ1n) is 7.19. The number of carbonyl (C=O) groups is 1. The average molecular weight is 300 g/mol. The van der Waals surface area contributed by atoms with Crippen LogP contribution in [-0.4, -0.2) is 29.5 Å². The summed E-state index contributed by atoms with van der Waals surface area (Å²) in [4.78, 5) is 17.9. The molecule has 1 aliphatic heterocycles. The van der Waals surface area contributed by atoms with E-state index in [-0.39, 0.29) is 11.8 Å². The van der Waals surface area contributed by atoms with Gasteiger partial charge in [0.2, 0.25) is 0 Å². The van der Waals surface area contributed by atoms with Gasteiger partial charge in [0.05, 0.1) is 18.4 Å². The molecular weight excluding hydrogens is 283 g/mol. The molecule has 0 saturated heterocycles. The van der Waals surface area contributed by atoms with Crippen LogP contribution in [0.2, 0.25) is 0 Å². The normalized spacial score (nSPS) is 14.5. The molecule has 1 aliphatic rings. The second kappa shape index (κ2) is 6.23. The van der Waals surface area contributed by atoms with Crippen LogP contribution in [-0.2, 0) is 24.2 Å². The molecule has 3 rings (SSSR count). The van der Waals surface area contributed by atoms with Gasteiger partial charge >= 0.3 is 5.97 Å². The third-order valence-electron chi connectivity index (χ3n) is 3.92. The van der Waals surface area contributed by atoms with Crippen LogP contribution in [0.5, 0.6) is 0 Å². The van der Waals surface area contributed by atoms with Crippen molar-refractivity contribution in [3.8, 4) is 0 Å². The Bertz CT molecular complexity index is 686. The Morgan fingerprint density at radius 3 is 2.95 bits per heavy atom. The number of carbonyl (C=O) groups excluding carboxylic acids is 1. The molecule has 4 nitrogen and oxygen atoms in total. The van der Waals surface area contributed by atoms with Crippen LogP contribution in [0.25, 0.3) is 0 Å². The lowest BCUT2D eigenvalue weighted by Crippen LogP contribution is -2.30. The monoisotopic (exact) mass is 300 g/mol. The summed E-state index contributed by atoms with van der Waals surface area (Å²) in [7, 11) is 1.35. The van der Waals surface area contributed by atoms with E-state index in [1.807, 2.05) is 12.1 Å². The van der Waals surface area contributed by atoms with Crippen molar-refractivity contribution in [3.05, 3.63) is 64.7 Å². The highest BCUT2D eigenvalue weighted by Gasteiger charge is 2.19. The number of halogens is 1. The summed E-state index contributed by atoms with van der Waals surface area (Å²) in [6.45, 7) is 2.19. The molecule has 0 radical (unpaired) electrons. The molecule has 0 fully saturated rings. The van der Waals surface area contributed by atoms with Gasteiger partial charge in [0.1, 0.15) is 5.82 Å². The van der Waals surface area contributed by atoms with Crippen molar-refractivity contribution in [3.63, 3.8) is 0 Å². The third kappa shape index (κ3) is 2.99. The average Bonchev–Trinajstić information content (AvgIpc) is 2.55. The molecule has 0 unspecified atom stereocenters. The molecule has 114 valence electrons. The van der Waals surface area contributed by atoms with Gasteiger partial charge in [0, 0.05) is 25.8 Å². The van der Waals surface area contributed by atoms with Crippen molar-refractivity contribution in [2.45, 2.75) is 19.5 Å². The number of pyridine rings is 1. The van der Waals surface area contributed by atoms with Gasteiger partial charge in [-0.05, 0) is 35.7 Å². The van der Waals surface area contributed by atoms with Gasteiger partial charge < -0.3 is 4.74 Å². The predicted octanol–water partition coefficient (Wildman–Crippen LogP) is 2.57. The standard InChI is InChI=1S/C17H17FN2O2/c1-22-17(21)12-5-6-14(19-9-12)11-20-8-7-15-13(10-20)3-2-4-16(15)18/h2-6,9H,7-8,10-11H2,1H3. The lowest BCUT2D eigenvalue weighted by Gasteiger charge is -2.28. The Kier molecular flexibility index (Phi) is 4.15. The van der Waals surface area contributed by atoms with E-state index in [0.29, 0.717) is 25.1 Å². The summed E-state index contributed by atoms with van der Waals surface area (Å²) in [5.41, 5.74) is 3.19. The number of hydrogen-bond acceptors (Lipinski definition) is 4. The fourth-order valence-electron chi connectivity index (χ4n) is 2.74. The molecule has 0 atom stereocenters. The minimum absolute atomic E-state index is 0.113. The van der Waals surface area contributed by atoms with Gasteiger partial charge in [0.15, 0.2) is 0 Å². The molecule has 0 aliphatic carbocycles.